The molecule has 3 heterocycles. The maximum absolute atomic E-state index is 13.4. The van der Waals surface area contributed by atoms with Crippen molar-refractivity contribution in [2.75, 3.05) is 13.1 Å². The molecule has 0 aliphatic carbocycles. The number of nitrogens with one attached hydrogen (secondary N) is 1. The first kappa shape index (κ1) is 18.0. The molecule has 29 heavy (non-hydrogen) atoms. The van der Waals surface area contributed by atoms with Crippen LogP contribution in [0.25, 0.3) is 16.7 Å². The molecule has 0 amide bonds. The van der Waals surface area contributed by atoms with Crippen LogP contribution in [0.3, 0.4) is 0 Å². The summed E-state index contributed by atoms with van der Waals surface area (Å²) >= 11 is 6.49. The molecular formula is C22H19ClN4O2. The van der Waals surface area contributed by atoms with Gasteiger partial charge in [0.05, 0.1) is 34.0 Å². The number of benzene rings is 2. The van der Waals surface area contributed by atoms with Gasteiger partial charge in [-0.3, -0.25) is 14.1 Å². The van der Waals surface area contributed by atoms with Crippen molar-refractivity contribution in [1.29, 1.82) is 0 Å². The second-order valence-electron chi connectivity index (χ2n) is 7.03. The molecule has 0 saturated carbocycles. The Morgan fingerprint density at radius 3 is 2.72 bits per heavy atom. The lowest BCUT2D eigenvalue weighted by atomic mass is 10.2. The molecule has 146 valence electrons. The van der Waals surface area contributed by atoms with Crippen LogP contribution in [0.4, 0.5) is 0 Å². The van der Waals surface area contributed by atoms with E-state index >= 15 is 0 Å². The number of imidazole rings is 1. The molecular weight excluding hydrogens is 388 g/mol. The van der Waals surface area contributed by atoms with Crippen molar-refractivity contribution in [2.45, 2.75) is 12.5 Å². The minimum absolute atomic E-state index is 0.0884. The maximum atomic E-state index is 13.4. The highest BCUT2D eigenvalue weighted by molar-refractivity contribution is 6.32. The van der Waals surface area contributed by atoms with E-state index in [4.69, 9.17) is 16.3 Å². The molecule has 1 aliphatic rings. The fraction of sp³-hybridized carbons (Fsp3) is 0.182. The first-order chi connectivity index (χ1) is 14.2. The highest BCUT2D eigenvalue weighted by atomic mass is 35.5. The van der Waals surface area contributed by atoms with Crippen molar-refractivity contribution in [3.63, 3.8) is 0 Å². The van der Waals surface area contributed by atoms with Crippen LogP contribution in [-0.2, 0) is 0 Å². The van der Waals surface area contributed by atoms with Gasteiger partial charge in [-0.05, 0) is 49.4 Å². The molecule has 2 aromatic carbocycles. The van der Waals surface area contributed by atoms with Crippen molar-refractivity contribution in [2.24, 2.45) is 0 Å². The van der Waals surface area contributed by atoms with E-state index in [1.54, 1.807) is 29.1 Å². The maximum Gasteiger partial charge on any atom is 0.334 e. The predicted octanol–water partition coefficient (Wildman–Crippen LogP) is 4.17. The molecule has 1 unspecified atom stereocenters. The second-order valence-corrected chi connectivity index (χ2v) is 7.44. The van der Waals surface area contributed by atoms with Crippen LogP contribution in [0, 0.1) is 0 Å². The molecule has 1 aliphatic heterocycles. The zero-order valence-electron chi connectivity index (χ0n) is 15.6. The minimum atomic E-state index is -0.0884. The Kier molecular flexibility index (Phi) is 4.58. The van der Waals surface area contributed by atoms with Gasteiger partial charge in [0.25, 0.3) is 0 Å². The average Bonchev–Trinajstić information content (AvgIpc) is 3.36. The number of pyridine rings is 1. The van der Waals surface area contributed by atoms with Crippen LogP contribution >= 0.6 is 11.6 Å². The van der Waals surface area contributed by atoms with E-state index in [0.29, 0.717) is 22.2 Å². The summed E-state index contributed by atoms with van der Waals surface area (Å²) in [6.45, 7) is 1.69. The van der Waals surface area contributed by atoms with Gasteiger partial charge in [0.15, 0.2) is 0 Å². The molecule has 5 rings (SSSR count). The Labute approximate surface area is 172 Å². The number of hydrogen-bond acceptors (Lipinski definition) is 4. The number of halogens is 1. The van der Waals surface area contributed by atoms with Crippen molar-refractivity contribution in [3.8, 4) is 17.2 Å². The first-order valence-corrected chi connectivity index (χ1v) is 9.90. The first-order valence-electron chi connectivity index (χ1n) is 9.53. The Hall–Kier alpha value is -3.09. The van der Waals surface area contributed by atoms with Gasteiger partial charge in [-0.2, -0.15) is 0 Å². The highest BCUT2D eigenvalue weighted by Crippen LogP contribution is 2.32. The quantitative estimate of drug-likeness (QED) is 0.552. The normalized spacial score (nSPS) is 16.4. The largest absolute Gasteiger partial charge is 0.456 e. The standard InChI is InChI=1S/C22H19ClN4O2/c23-18-12-15(6-7-21(18)29-17-4-2-1-3-5-17)26-20-14-25-11-9-19(20)27(22(26)28)16-8-10-24-13-16/h1-7,9,11-12,14,16,24H,8,10,13H2. The van der Waals surface area contributed by atoms with Crippen LogP contribution in [0.15, 0.2) is 71.8 Å². The van der Waals surface area contributed by atoms with Crippen molar-refractivity contribution in [1.82, 2.24) is 19.4 Å². The van der Waals surface area contributed by atoms with Gasteiger partial charge >= 0.3 is 5.69 Å². The van der Waals surface area contributed by atoms with Gasteiger partial charge in [-0.25, -0.2) is 4.79 Å². The van der Waals surface area contributed by atoms with Gasteiger partial charge in [0, 0.05) is 12.7 Å². The van der Waals surface area contributed by atoms with Gasteiger partial charge in [-0.1, -0.05) is 29.8 Å². The predicted molar refractivity (Wildman–Crippen MR) is 113 cm³/mol. The summed E-state index contributed by atoms with van der Waals surface area (Å²) in [6, 6.07) is 16.9. The Balaban J connectivity index is 1.60. The molecule has 1 N–H and O–H groups in total. The van der Waals surface area contributed by atoms with E-state index in [1.807, 2.05) is 47.0 Å². The van der Waals surface area contributed by atoms with Crippen molar-refractivity contribution < 1.29 is 4.74 Å². The average molecular weight is 407 g/mol. The number of ether oxygens (including phenoxy) is 1. The van der Waals surface area contributed by atoms with Gasteiger partial charge in [-0.15, -0.1) is 0 Å². The lowest BCUT2D eigenvalue weighted by Crippen LogP contribution is -2.27. The molecule has 7 heteroatoms. The van der Waals surface area contributed by atoms with E-state index < -0.39 is 0 Å². The third kappa shape index (κ3) is 3.20. The van der Waals surface area contributed by atoms with Crippen molar-refractivity contribution in [3.05, 3.63) is 82.5 Å². The lowest BCUT2D eigenvalue weighted by molar-refractivity contribution is 0.483. The van der Waals surface area contributed by atoms with Gasteiger partial charge in [0.2, 0.25) is 0 Å². The van der Waals surface area contributed by atoms with Crippen LogP contribution in [-0.4, -0.2) is 27.2 Å². The van der Waals surface area contributed by atoms with Gasteiger partial charge in [0.1, 0.15) is 11.5 Å². The summed E-state index contributed by atoms with van der Waals surface area (Å²) in [5.41, 5.74) is 2.23. The smallest absolute Gasteiger partial charge is 0.334 e. The Bertz CT molecular complexity index is 1230. The summed E-state index contributed by atoms with van der Waals surface area (Å²) in [6.07, 6.45) is 4.36. The van der Waals surface area contributed by atoms with E-state index in [9.17, 15) is 4.79 Å². The molecule has 1 fully saturated rings. The zero-order valence-corrected chi connectivity index (χ0v) is 16.3. The monoisotopic (exact) mass is 406 g/mol. The van der Waals surface area contributed by atoms with Crippen LogP contribution in [0.5, 0.6) is 11.5 Å². The van der Waals surface area contributed by atoms with Crippen LogP contribution in [0.2, 0.25) is 5.02 Å². The molecule has 6 nitrogen and oxygen atoms in total. The number of aromatic nitrogens is 3. The minimum Gasteiger partial charge on any atom is -0.456 e. The fourth-order valence-corrected chi connectivity index (χ4v) is 4.07. The number of fused-ring (bicyclic) bond motifs is 1. The van der Waals surface area contributed by atoms with E-state index in [-0.39, 0.29) is 11.7 Å². The third-order valence-electron chi connectivity index (χ3n) is 5.22. The molecule has 4 aromatic rings. The summed E-state index contributed by atoms with van der Waals surface area (Å²) < 4.78 is 9.38. The van der Waals surface area contributed by atoms with E-state index in [2.05, 4.69) is 10.3 Å². The van der Waals surface area contributed by atoms with Crippen LogP contribution in [0.1, 0.15) is 12.5 Å². The molecule has 0 bridgehead atoms. The number of para-hydroxylation sites is 1. The SMILES string of the molecule is O=c1n(-c2ccc(Oc3ccccc3)c(Cl)c2)c2cnccc2n1C1CCNC1. The van der Waals surface area contributed by atoms with Crippen molar-refractivity contribution >= 4 is 22.6 Å². The van der Waals surface area contributed by atoms with Crippen LogP contribution < -0.4 is 15.7 Å². The van der Waals surface area contributed by atoms with Gasteiger partial charge < -0.3 is 10.1 Å². The number of hydrogen-bond donors (Lipinski definition) is 1. The van der Waals surface area contributed by atoms with E-state index in [1.165, 1.54) is 0 Å². The number of nitrogens with zero attached hydrogens (tertiary/aromatic N) is 3. The third-order valence-corrected chi connectivity index (χ3v) is 5.52. The second kappa shape index (κ2) is 7.39. The summed E-state index contributed by atoms with van der Waals surface area (Å²) in [7, 11) is 0. The highest BCUT2D eigenvalue weighted by Gasteiger charge is 2.24. The molecule has 0 radical (unpaired) electrons. The Morgan fingerprint density at radius 2 is 1.97 bits per heavy atom. The fourth-order valence-electron chi connectivity index (χ4n) is 3.86. The summed E-state index contributed by atoms with van der Waals surface area (Å²) in [5, 5.41) is 3.76. The molecule has 1 atom stereocenters. The van der Waals surface area contributed by atoms with E-state index in [0.717, 1.165) is 30.5 Å². The Morgan fingerprint density at radius 1 is 1.10 bits per heavy atom. The lowest BCUT2D eigenvalue weighted by Gasteiger charge is -2.11. The zero-order chi connectivity index (χ0) is 19.8. The molecule has 1 saturated heterocycles. The summed E-state index contributed by atoms with van der Waals surface area (Å²) in [4.78, 5) is 17.6. The summed E-state index contributed by atoms with van der Waals surface area (Å²) in [5.74, 6) is 1.24. The molecule has 2 aromatic heterocycles. The topological polar surface area (TPSA) is 61.1 Å². The molecule has 0 spiro atoms. The number of rotatable bonds is 4.